The lowest BCUT2D eigenvalue weighted by atomic mass is 10.3. The molecule has 1 aromatic carbocycles. The van der Waals surface area contributed by atoms with E-state index in [0.29, 0.717) is 11.5 Å². The van der Waals surface area contributed by atoms with Crippen molar-refractivity contribution < 1.29 is 18.3 Å². The number of para-hydroxylation sites is 1. The van der Waals surface area contributed by atoms with Crippen LogP contribution in [0, 0.1) is 0 Å². The lowest BCUT2D eigenvalue weighted by Crippen LogP contribution is -2.05. The molecule has 0 spiro atoms. The number of nitrogens with two attached hydrogens (primary N) is 1. The minimum atomic E-state index is -0.588. The van der Waals surface area contributed by atoms with Gasteiger partial charge in [0.2, 0.25) is 0 Å². The molecular formula is C10H13F2NO2. The molecule has 0 aliphatic rings. The van der Waals surface area contributed by atoms with E-state index in [1.807, 2.05) is 0 Å². The van der Waals surface area contributed by atoms with Crippen LogP contribution in [-0.4, -0.2) is 26.6 Å². The summed E-state index contributed by atoms with van der Waals surface area (Å²) in [5.41, 5.74) is 5.93. The van der Waals surface area contributed by atoms with Gasteiger partial charge in [0.25, 0.3) is 0 Å². The third-order valence-corrected chi connectivity index (χ3v) is 1.70. The van der Waals surface area contributed by atoms with Crippen molar-refractivity contribution in [2.75, 3.05) is 32.3 Å². The molecule has 15 heavy (non-hydrogen) atoms. The molecule has 0 aliphatic heterocycles. The highest BCUT2D eigenvalue weighted by atomic mass is 19.1. The monoisotopic (exact) mass is 217 g/mol. The van der Waals surface area contributed by atoms with Crippen molar-refractivity contribution in [1.82, 2.24) is 0 Å². The highest BCUT2D eigenvalue weighted by Gasteiger charge is 2.06. The van der Waals surface area contributed by atoms with Gasteiger partial charge in [-0.15, -0.1) is 0 Å². The van der Waals surface area contributed by atoms with Crippen molar-refractivity contribution in [2.45, 2.75) is 0 Å². The molecular weight excluding hydrogens is 204 g/mol. The zero-order chi connectivity index (χ0) is 11.1. The van der Waals surface area contributed by atoms with Crippen LogP contribution in [-0.2, 0) is 0 Å². The zero-order valence-electron chi connectivity index (χ0n) is 8.21. The molecule has 1 aromatic rings. The van der Waals surface area contributed by atoms with Gasteiger partial charge in [0.05, 0.1) is 0 Å². The van der Waals surface area contributed by atoms with Crippen LogP contribution in [0.15, 0.2) is 18.2 Å². The molecule has 0 saturated carbocycles. The van der Waals surface area contributed by atoms with Gasteiger partial charge in [0, 0.05) is 0 Å². The molecule has 3 nitrogen and oxygen atoms in total. The average molecular weight is 217 g/mol. The summed E-state index contributed by atoms with van der Waals surface area (Å²) in [5, 5.41) is 0. The van der Waals surface area contributed by atoms with E-state index in [-0.39, 0.29) is 18.9 Å². The molecule has 0 atom stereocenters. The molecule has 1 rings (SSSR count). The average Bonchev–Trinajstić information content (AvgIpc) is 2.26. The maximum Gasteiger partial charge on any atom is 0.146 e. The summed E-state index contributed by atoms with van der Waals surface area (Å²) in [4.78, 5) is 0. The van der Waals surface area contributed by atoms with Crippen LogP contribution >= 0.6 is 0 Å². The number of rotatable bonds is 6. The Bertz CT molecular complexity index is 281. The van der Waals surface area contributed by atoms with E-state index in [1.54, 1.807) is 18.2 Å². The van der Waals surface area contributed by atoms with Gasteiger partial charge < -0.3 is 15.2 Å². The Labute approximate surface area is 86.8 Å². The highest BCUT2D eigenvalue weighted by Crippen LogP contribution is 2.31. The quantitative estimate of drug-likeness (QED) is 0.741. The van der Waals surface area contributed by atoms with Gasteiger partial charge in [0.15, 0.2) is 0 Å². The molecule has 0 radical (unpaired) electrons. The van der Waals surface area contributed by atoms with Crippen molar-refractivity contribution in [3.05, 3.63) is 18.2 Å². The third-order valence-electron chi connectivity index (χ3n) is 1.70. The molecule has 0 unspecified atom stereocenters. The maximum absolute atomic E-state index is 11.9. The van der Waals surface area contributed by atoms with Crippen LogP contribution in [0.5, 0.6) is 11.5 Å². The van der Waals surface area contributed by atoms with Gasteiger partial charge in [-0.25, -0.2) is 8.78 Å². The minimum absolute atomic E-state index is 0.0588. The minimum Gasteiger partial charge on any atom is -0.489 e. The SMILES string of the molecule is Nc1c(OCCF)cccc1OCCF. The number of ether oxygens (including phenoxy) is 2. The first-order valence-corrected chi connectivity index (χ1v) is 4.55. The number of hydrogen-bond acceptors (Lipinski definition) is 3. The fourth-order valence-corrected chi connectivity index (χ4v) is 1.07. The van der Waals surface area contributed by atoms with E-state index in [1.165, 1.54) is 0 Å². The van der Waals surface area contributed by atoms with Gasteiger partial charge >= 0.3 is 0 Å². The normalized spacial score (nSPS) is 10.0. The summed E-state index contributed by atoms with van der Waals surface area (Å²) < 4.78 is 33.8. The molecule has 0 aliphatic carbocycles. The Morgan fingerprint density at radius 2 is 1.47 bits per heavy atom. The van der Waals surface area contributed by atoms with Gasteiger partial charge in [-0.05, 0) is 12.1 Å². The van der Waals surface area contributed by atoms with Crippen LogP contribution in [0.4, 0.5) is 14.5 Å². The fraction of sp³-hybridized carbons (Fsp3) is 0.400. The number of hydrogen-bond donors (Lipinski definition) is 1. The van der Waals surface area contributed by atoms with Gasteiger partial charge in [-0.3, -0.25) is 0 Å². The first-order valence-electron chi connectivity index (χ1n) is 4.55. The van der Waals surface area contributed by atoms with Crippen molar-refractivity contribution in [1.29, 1.82) is 0 Å². The second-order valence-electron chi connectivity index (χ2n) is 2.74. The Kier molecular flexibility index (Phi) is 4.66. The highest BCUT2D eigenvalue weighted by molar-refractivity contribution is 5.62. The van der Waals surface area contributed by atoms with E-state index < -0.39 is 13.3 Å². The molecule has 2 N–H and O–H groups in total. The Balaban J connectivity index is 2.71. The molecule has 0 aromatic heterocycles. The van der Waals surface area contributed by atoms with Crippen molar-refractivity contribution >= 4 is 5.69 Å². The number of benzene rings is 1. The predicted octanol–water partition coefficient (Wildman–Crippen LogP) is 1.97. The lowest BCUT2D eigenvalue weighted by Gasteiger charge is -2.11. The van der Waals surface area contributed by atoms with Crippen LogP contribution < -0.4 is 15.2 Å². The Hall–Kier alpha value is -1.52. The molecule has 0 fully saturated rings. The number of nitrogen functional groups attached to an aromatic ring is 1. The summed E-state index contributed by atoms with van der Waals surface area (Å²) in [6.07, 6.45) is 0. The standard InChI is InChI=1S/C10H13F2NO2/c11-4-6-14-8-2-1-3-9(10(8)13)15-7-5-12/h1-3H,4-7,13H2. The summed E-state index contributed by atoms with van der Waals surface area (Å²) >= 11 is 0. The Morgan fingerprint density at radius 3 is 1.87 bits per heavy atom. The van der Waals surface area contributed by atoms with E-state index in [9.17, 15) is 8.78 Å². The number of anilines is 1. The summed E-state index contributed by atoms with van der Waals surface area (Å²) in [5.74, 6) is 0.702. The molecule has 0 bridgehead atoms. The molecule has 84 valence electrons. The molecule has 0 amide bonds. The van der Waals surface area contributed by atoms with E-state index in [2.05, 4.69) is 0 Å². The molecule has 0 saturated heterocycles. The molecule has 5 heteroatoms. The van der Waals surface area contributed by atoms with Crippen LogP contribution in [0.3, 0.4) is 0 Å². The zero-order valence-corrected chi connectivity index (χ0v) is 8.21. The smallest absolute Gasteiger partial charge is 0.146 e. The maximum atomic E-state index is 11.9. The first kappa shape index (κ1) is 11.6. The lowest BCUT2D eigenvalue weighted by molar-refractivity contribution is 0.264. The van der Waals surface area contributed by atoms with Crippen molar-refractivity contribution in [3.63, 3.8) is 0 Å². The third kappa shape index (κ3) is 3.27. The van der Waals surface area contributed by atoms with Gasteiger partial charge in [-0.2, -0.15) is 0 Å². The largest absolute Gasteiger partial charge is 0.489 e. The van der Waals surface area contributed by atoms with Gasteiger partial charge in [0.1, 0.15) is 43.7 Å². The van der Waals surface area contributed by atoms with E-state index in [4.69, 9.17) is 15.2 Å². The van der Waals surface area contributed by atoms with E-state index >= 15 is 0 Å². The molecule has 0 heterocycles. The number of alkyl halides is 2. The van der Waals surface area contributed by atoms with E-state index in [0.717, 1.165) is 0 Å². The second-order valence-corrected chi connectivity index (χ2v) is 2.74. The number of halogens is 2. The first-order chi connectivity index (χ1) is 7.29. The second kappa shape index (κ2) is 6.06. The van der Waals surface area contributed by atoms with Crippen LogP contribution in [0.1, 0.15) is 0 Å². The van der Waals surface area contributed by atoms with Crippen LogP contribution in [0.25, 0.3) is 0 Å². The predicted molar refractivity (Wildman–Crippen MR) is 53.8 cm³/mol. The van der Waals surface area contributed by atoms with Crippen molar-refractivity contribution in [2.24, 2.45) is 0 Å². The topological polar surface area (TPSA) is 44.5 Å². The summed E-state index contributed by atoms with van der Waals surface area (Å²) in [7, 11) is 0. The fourth-order valence-electron chi connectivity index (χ4n) is 1.07. The summed E-state index contributed by atoms with van der Waals surface area (Å²) in [6.45, 7) is -1.29. The van der Waals surface area contributed by atoms with Gasteiger partial charge in [-0.1, -0.05) is 6.07 Å². The summed E-state index contributed by atoms with van der Waals surface area (Å²) in [6, 6.07) is 4.86. The van der Waals surface area contributed by atoms with Crippen molar-refractivity contribution in [3.8, 4) is 11.5 Å². The Morgan fingerprint density at radius 1 is 1.00 bits per heavy atom. The van der Waals surface area contributed by atoms with Crippen LogP contribution in [0.2, 0.25) is 0 Å².